The van der Waals surface area contributed by atoms with Crippen molar-refractivity contribution in [1.29, 1.82) is 0 Å². The number of nitrogens with zero attached hydrogens (tertiary/aromatic N) is 3. The Hall–Kier alpha value is -2.53. The zero-order valence-electron chi connectivity index (χ0n) is 14.5. The molecular formula is C20H22N4O. The highest BCUT2D eigenvalue weighted by atomic mass is 16.5. The molecule has 1 fully saturated rings. The second-order valence-electron chi connectivity index (χ2n) is 6.62. The van der Waals surface area contributed by atoms with Gasteiger partial charge in [0.05, 0.1) is 5.69 Å². The number of pyridine rings is 1. The van der Waals surface area contributed by atoms with Crippen LogP contribution in [0.5, 0.6) is 0 Å². The van der Waals surface area contributed by atoms with Gasteiger partial charge in [0, 0.05) is 43.4 Å². The number of anilines is 1. The number of hydrogen-bond donors (Lipinski definition) is 1. The molecule has 5 heteroatoms. The fourth-order valence-corrected chi connectivity index (χ4v) is 3.39. The minimum atomic E-state index is 0.391. The summed E-state index contributed by atoms with van der Waals surface area (Å²) >= 11 is 0. The molecule has 1 N–H and O–H groups in total. The van der Waals surface area contributed by atoms with E-state index >= 15 is 0 Å². The number of rotatable bonds is 4. The van der Waals surface area contributed by atoms with Gasteiger partial charge < -0.3 is 10.1 Å². The lowest BCUT2D eigenvalue weighted by Crippen LogP contribution is -2.28. The van der Waals surface area contributed by atoms with Gasteiger partial charge in [-0.25, -0.2) is 9.97 Å². The second-order valence-corrected chi connectivity index (χ2v) is 6.62. The largest absolute Gasteiger partial charge is 0.381 e. The molecule has 0 radical (unpaired) electrons. The summed E-state index contributed by atoms with van der Waals surface area (Å²) in [5, 5.41) is 3.42. The molecule has 0 atom stereocenters. The lowest BCUT2D eigenvalue weighted by atomic mass is 9.98. The van der Waals surface area contributed by atoms with Crippen LogP contribution in [0, 0.1) is 6.92 Å². The van der Waals surface area contributed by atoms with Crippen LogP contribution in [0.3, 0.4) is 0 Å². The molecule has 0 saturated carbocycles. The number of aromatic nitrogens is 3. The number of hydrogen-bond acceptors (Lipinski definition) is 5. The van der Waals surface area contributed by atoms with E-state index in [4.69, 9.17) is 4.74 Å². The Balaban J connectivity index is 1.50. The Morgan fingerprint density at radius 3 is 2.88 bits per heavy atom. The van der Waals surface area contributed by atoms with Crippen LogP contribution in [0.2, 0.25) is 0 Å². The number of aryl methyl sites for hydroxylation is 1. The van der Waals surface area contributed by atoms with Crippen LogP contribution in [0.4, 0.5) is 5.95 Å². The summed E-state index contributed by atoms with van der Waals surface area (Å²) in [6, 6.07) is 2.46. The third-order valence-electron chi connectivity index (χ3n) is 4.90. The summed E-state index contributed by atoms with van der Waals surface area (Å²) in [7, 11) is 0. The Kier molecular flexibility index (Phi) is 4.32. The first-order valence-electron chi connectivity index (χ1n) is 8.72. The van der Waals surface area contributed by atoms with Crippen molar-refractivity contribution >= 4 is 17.6 Å². The summed E-state index contributed by atoms with van der Waals surface area (Å²) in [4.78, 5) is 13.3. The Labute approximate surface area is 147 Å². The minimum Gasteiger partial charge on any atom is -0.381 e. The lowest BCUT2D eigenvalue weighted by molar-refractivity contribution is 0.0903. The van der Waals surface area contributed by atoms with Gasteiger partial charge in [0.2, 0.25) is 5.95 Å². The maximum absolute atomic E-state index is 5.39. The topological polar surface area (TPSA) is 59.9 Å². The molecule has 1 aliphatic carbocycles. The summed E-state index contributed by atoms with van der Waals surface area (Å²) in [5.41, 5.74) is 6.62. The Bertz CT molecular complexity index is 837. The number of fused-ring (bicyclic) bond motifs is 1. The zero-order chi connectivity index (χ0) is 17.2. The van der Waals surface area contributed by atoms with E-state index in [1.165, 1.54) is 16.7 Å². The first-order valence-corrected chi connectivity index (χ1v) is 8.72. The standard InChI is InChI=1S/C20H22N4O/c1-13(16-9-15-3-6-21-11-17(15)10-16)19-12-22-20(23-14(19)2)24-18-4-7-25-8-5-18/h3,6,10-12,18H,1,4-5,7-9H2,2H3,(H,22,23,24). The zero-order valence-corrected chi connectivity index (χ0v) is 14.5. The van der Waals surface area contributed by atoms with Crippen molar-refractivity contribution in [3.63, 3.8) is 0 Å². The molecule has 4 rings (SSSR count). The predicted molar refractivity (Wildman–Crippen MR) is 99.2 cm³/mol. The minimum absolute atomic E-state index is 0.391. The van der Waals surface area contributed by atoms with E-state index in [1.807, 2.05) is 25.5 Å². The summed E-state index contributed by atoms with van der Waals surface area (Å²) in [5.74, 6) is 0.689. The monoisotopic (exact) mass is 334 g/mol. The van der Waals surface area contributed by atoms with Gasteiger partial charge in [0.1, 0.15) is 0 Å². The molecule has 1 aliphatic heterocycles. The second kappa shape index (κ2) is 6.76. The van der Waals surface area contributed by atoms with Crippen LogP contribution < -0.4 is 5.32 Å². The maximum Gasteiger partial charge on any atom is 0.223 e. The summed E-state index contributed by atoms with van der Waals surface area (Å²) in [6.07, 6.45) is 10.7. The summed E-state index contributed by atoms with van der Waals surface area (Å²) in [6.45, 7) is 7.91. The molecule has 5 nitrogen and oxygen atoms in total. The van der Waals surface area contributed by atoms with Crippen LogP contribution in [0.15, 0.2) is 36.8 Å². The van der Waals surface area contributed by atoms with Crippen molar-refractivity contribution in [2.45, 2.75) is 32.2 Å². The van der Waals surface area contributed by atoms with E-state index in [-0.39, 0.29) is 0 Å². The number of ether oxygens (including phenoxy) is 1. The molecule has 128 valence electrons. The first-order chi connectivity index (χ1) is 12.2. The third-order valence-corrected chi connectivity index (χ3v) is 4.90. The lowest BCUT2D eigenvalue weighted by Gasteiger charge is -2.23. The fraction of sp³-hybridized carbons (Fsp3) is 0.350. The Morgan fingerprint density at radius 2 is 2.12 bits per heavy atom. The van der Waals surface area contributed by atoms with Gasteiger partial charge in [0.15, 0.2) is 0 Å². The van der Waals surface area contributed by atoms with Gasteiger partial charge in [0.25, 0.3) is 0 Å². The van der Waals surface area contributed by atoms with Gasteiger partial charge >= 0.3 is 0 Å². The van der Waals surface area contributed by atoms with E-state index < -0.39 is 0 Å². The molecule has 0 amide bonds. The van der Waals surface area contributed by atoms with Crippen LogP contribution in [0.25, 0.3) is 11.6 Å². The molecule has 25 heavy (non-hydrogen) atoms. The van der Waals surface area contributed by atoms with Crippen molar-refractivity contribution in [3.8, 4) is 0 Å². The molecule has 0 unspecified atom stereocenters. The van der Waals surface area contributed by atoms with Crippen molar-refractivity contribution in [2.75, 3.05) is 18.5 Å². The predicted octanol–water partition coefficient (Wildman–Crippen LogP) is 3.42. The van der Waals surface area contributed by atoms with E-state index in [9.17, 15) is 0 Å². The van der Waals surface area contributed by atoms with Crippen molar-refractivity contribution in [2.24, 2.45) is 0 Å². The molecule has 2 aromatic heterocycles. The van der Waals surface area contributed by atoms with Crippen LogP contribution in [-0.2, 0) is 11.2 Å². The van der Waals surface area contributed by atoms with Gasteiger partial charge in [-0.15, -0.1) is 0 Å². The smallest absolute Gasteiger partial charge is 0.223 e. The highest BCUT2D eigenvalue weighted by molar-refractivity contribution is 5.87. The highest BCUT2D eigenvalue weighted by Crippen LogP contribution is 2.33. The highest BCUT2D eigenvalue weighted by Gasteiger charge is 2.19. The van der Waals surface area contributed by atoms with Crippen molar-refractivity contribution in [1.82, 2.24) is 15.0 Å². The third kappa shape index (κ3) is 3.33. The van der Waals surface area contributed by atoms with Crippen LogP contribution in [0.1, 0.15) is 35.2 Å². The van der Waals surface area contributed by atoms with Crippen LogP contribution in [-0.4, -0.2) is 34.2 Å². The van der Waals surface area contributed by atoms with Gasteiger partial charge in [-0.3, -0.25) is 4.98 Å². The van der Waals surface area contributed by atoms with E-state index in [0.29, 0.717) is 12.0 Å². The van der Waals surface area contributed by atoms with E-state index in [0.717, 1.165) is 49.3 Å². The maximum atomic E-state index is 5.39. The quantitative estimate of drug-likeness (QED) is 0.928. The molecule has 3 heterocycles. The fourth-order valence-electron chi connectivity index (χ4n) is 3.39. The van der Waals surface area contributed by atoms with E-state index in [2.05, 4.69) is 39.0 Å². The molecule has 1 saturated heterocycles. The summed E-state index contributed by atoms with van der Waals surface area (Å²) < 4.78 is 5.39. The Morgan fingerprint density at radius 1 is 1.28 bits per heavy atom. The molecule has 0 spiro atoms. The molecule has 2 aromatic rings. The normalized spacial score (nSPS) is 17.1. The van der Waals surface area contributed by atoms with Crippen molar-refractivity contribution < 1.29 is 4.74 Å². The average molecular weight is 334 g/mol. The van der Waals surface area contributed by atoms with Gasteiger partial charge in [-0.2, -0.15) is 0 Å². The molecule has 0 bridgehead atoms. The average Bonchev–Trinajstić information content (AvgIpc) is 3.06. The molecular weight excluding hydrogens is 312 g/mol. The van der Waals surface area contributed by atoms with Gasteiger partial charge in [-0.1, -0.05) is 6.58 Å². The van der Waals surface area contributed by atoms with Gasteiger partial charge in [-0.05, 0) is 60.6 Å². The first kappa shape index (κ1) is 16.0. The van der Waals surface area contributed by atoms with Crippen molar-refractivity contribution in [3.05, 3.63) is 59.2 Å². The number of nitrogens with one attached hydrogen (secondary N) is 1. The van der Waals surface area contributed by atoms with E-state index in [1.54, 1.807) is 0 Å². The SMILES string of the molecule is C=C(C1=Cc2cnccc2C1)c1cnc(NC2CCOCC2)nc1C. The number of allylic oxidation sites excluding steroid dienone is 2. The molecule has 0 aromatic carbocycles. The van der Waals surface area contributed by atoms with Crippen LogP contribution >= 0.6 is 0 Å². The molecule has 2 aliphatic rings.